The molecule has 9 rings (SSSR count). The lowest BCUT2D eigenvalue weighted by Crippen LogP contribution is -2.55. The molecule has 4 atom stereocenters. The smallest absolute Gasteiger partial charge is 0.416 e. The molecule has 72 heavy (non-hydrogen) atoms. The molecule has 0 radical (unpaired) electrons. The summed E-state index contributed by atoms with van der Waals surface area (Å²) in [7, 11) is 5.93. The van der Waals surface area contributed by atoms with Crippen LogP contribution in [0.5, 0.6) is 23.0 Å². The van der Waals surface area contributed by atoms with Crippen LogP contribution in [0, 0.1) is 0 Å². The van der Waals surface area contributed by atoms with E-state index < -0.39 is 36.7 Å². The van der Waals surface area contributed by atoms with Crippen LogP contribution in [0.3, 0.4) is 0 Å². The molecule has 4 amide bonds. The van der Waals surface area contributed by atoms with Crippen LogP contribution >= 0.6 is 22.7 Å². The number of methoxy groups -OCH3 is 4. The zero-order valence-corrected chi connectivity index (χ0v) is 41.8. The van der Waals surface area contributed by atoms with Crippen LogP contribution in [0.1, 0.15) is 54.7 Å². The number of benzene rings is 2. The van der Waals surface area contributed by atoms with E-state index in [0.717, 1.165) is 20.9 Å². The number of aromatic nitrogens is 1. The maximum absolute atomic E-state index is 14.5. The first-order valence-corrected chi connectivity index (χ1v) is 24.8. The van der Waals surface area contributed by atoms with Crippen LogP contribution in [-0.4, -0.2) is 118 Å². The van der Waals surface area contributed by atoms with Gasteiger partial charge in [0.05, 0.1) is 60.2 Å². The van der Waals surface area contributed by atoms with Gasteiger partial charge in [-0.3, -0.25) is 14.6 Å². The van der Waals surface area contributed by atoms with E-state index in [1.54, 1.807) is 74.9 Å². The number of pyridine rings is 1. The van der Waals surface area contributed by atoms with Crippen molar-refractivity contribution in [3.63, 3.8) is 0 Å². The van der Waals surface area contributed by atoms with Gasteiger partial charge in [0.1, 0.15) is 26.4 Å². The predicted octanol–water partition coefficient (Wildman–Crippen LogP) is 9.21. The predicted molar refractivity (Wildman–Crippen MR) is 272 cm³/mol. The number of amides is 4. The van der Waals surface area contributed by atoms with Gasteiger partial charge >= 0.3 is 12.2 Å². The van der Waals surface area contributed by atoms with Gasteiger partial charge in [-0.05, 0) is 71.1 Å². The van der Waals surface area contributed by atoms with Gasteiger partial charge in [-0.2, -0.15) is 0 Å². The second-order valence-corrected chi connectivity index (χ2v) is 18.7. The van der Waals surface area contributed by atoms with Crippen molar-refractivity contribution in [2.75, 3.05) is 64.5 Å². The summed E-state index contributed by atoms with van der Waals surface area (Å²) in [5, 5.41) is 4.00. The molecule has 0 bridgehead atoms. The summed E-state index contributed by atoms with van der Waals surface area (Å²) in [6.45, 7) is 7.74. The summed E-state index contributed by atoms with van der Waals surface area (Å²) >= 11 is 3.20. The number of thiophene rings is 2. The third-order valence-electron chi connectivity index (χ3n) is 12.8. The molecule has 0 saturated heterocycles. The monoisotopic (exact) mass is 1020 g/mol. The average molecular weight is 1020 g/mol. The van der Waals surface area contributed by atoms with Crippen LogP contribution in [0.25, 0.3) is 11.1 Å². The quantitative estimate of drug-likeness (QED) is 0.0859. The Morgan fingerprint density at radius 3 is 1.46 bits per heavy atom. The van der Waals surface area contributed by atoms with Gasteiger partial charge in [0.2, 0.25) is 0 Å². The number of fused-ring (bicyclic) bond motifs is 4. The molecule has 0 N–H and O–H groups in total. The molecule has 4 aliphatic heterocycles. The summed E-state index contributed by atoms with van der Waals surface area (Å²) in [5.41, 5.74) is 3.96. The SMILES string of the molecule is C=CCOC(=O)N1c2cc(OCc3cccc(COc4cc5c(cc4OC)C(=O)N4CC=C(c6cccs6)C[C@H]4C(OC)N5C(=O)OCC=C)n3)c(OC)cc2C(=O)N2CC=C(c3cccs3)C[C@H]2C1OC. The number of ether oxygens (including phenoxy) is 8. The zero-order chi connectivity index (χ0) is 50.5. The molecule has 0 fully saturated rings. The van der Waals surface area contributed by atoms with Crippen LogP contribution in [0.15, 0.2) is 115 Å². The highest BCUT2D eigenvalue weighted by atomic mass is 32.1. The summed E-state index contributed by atoms with van der Waals surface area (Å²) in [5.74, 6) is 0.329. The first-order chi connectivity index (χ1) is 35.1. The molecule has 0 aliphatic carbocycles. The van der Waals surface area contributed by atoms with Crippen molar-refractivity contribution in [2.24, 2.45) is 0 Å². The first-order valence-electron chi connectivity index (χ1n) is 23.0. The standard InChI is InChI=1S/C53H53N5O12S2/c1-7-20-67-52(61)57-38-28-44(42(63-3)26-36(38)48(59)55-18-16-32(46-14-10-22-71-46)24-40(55)50(57)65-5)69-30-34-12-9-13-35(54-34)31-70-45-29-39-37(27-43(45)64-4)49(60)56-19-17-33(47-15-11-23-72-47)25-41(56)51(66-6)58(39)53(62)68-21-8-2/h7-17,22-23,26-29,40-41,50-51H,1-2,18-21,24-25,30-31H2,3-6H3/t40-,41-,50?,51?/m0/s1. The minimum Gasteiger partial charge on any atom is -0.493 e. The van der Waals surface area contributed by atoms with Crippen molar-refractivity contribution >= 4 is 69.2 Å². The molecule has 2 aromatic carbocycles. The van der Waals surface area contributed by atoms with E-state index in [1.807, 2.05) is 47.2 Å². The number of hydrogen-bond acceptors (Lipinski definition) is 15. The number of nitrogens with zero attached hydrogens (tertiary/aromatic N) is 5. The molecule has 374 valence electrons. The maximum atomic E-state index is 14.5. The van der Waals surface area contributed by atoms with Crippen LogP contribution < -0.4 is 28.7 Å². The van der Waals surface area contributed by atoms with E-state index in [-0.39, 0.29) is 83.7 Å². The number of anilines is 2. The lowest BCUT2D eigenvalue weighted by molar-refractivity contribution is 0.0175. The van der Waals surface area contributed by atoms with Gasteiger partial charge in [0.25, 0.3) is 11.8 Å². The van der Waals surface area contributed by atoms with E-state index in [0.29, 0.717) is 37.3 Å². The topological polar surface area (TPSA) is 168 Å². The Balaban J connectivity index is 0.977. The number of carbonyl (C=O) groups excluding carboxylic acids is 4. The summed E-state index contributed by atoms with van der Waals surface area (Å²) in [6.07, 6.45) is 4.52. The van der Waals surface area contributed by atoms with Gasteiger partial charge in [-0.25, -0.2) is 19.4 Å². The molecule has 17 nitrogen and oxygen atoms in total. The molecule has 0 spiro atoms. The third-order valence-corrected chi connectivity index (χ3v) is 14.7. The van der Waals surface area contributed by atoms with Crippen LogP contribution in [-0.2, 0) is 32.2 Å². The highest BCUT2D eigenvalue weighted by Crippen LogP contribution is 2.45. The first kappa shape index (κ1) is 49.5. The van der Waals surface area contributed by atoms with Gasteiger partial charge < -0.3 is 47.7 Å². The van der Waals surface area contributed by atoms with Crippen LogP contribution in [0.2, 0.25) is 0 Å². The number of rotatable bonds is 16. The molecule has 5 aromatic rings. The highest BCUT2D eigenvalue weighted by Gasteiger charge is 2.48. The fourth-order valence-electron chi connectivity index (χ4n) is 9.46. The van der Waals surface area contributed by atoms with Crippen molar-refractivity contribution in [3.05, 3.63) is 147 Å². The molecule has 7 heterocycles. The Hall–Kier alpha value is -7.45. The van der Waals surface area contributed by atoms with Crippen molar-refractivity contribution < 1.29 is 57.1 Å². The summed E-state index contributed by atoms with van der Waals surface area (Å²) < 4.78 is 47.7. The summed E-state index contributed by atoms with van der Waals surface area (Å²) in [6, 6.07) is 18.5. The molecule has 4 aliphatic rings. The van der Waals surface area contributed by atoms with Gasteiger partial charge in [-0.1, -0.05) is 55.7 Å². The summed E-state index contributed by atoms with van der Waals surface area (Å²) in [4.78, 5) is 70.1. The van der Waals surface area contributed by atoms with E-state index in [4.69, 9.17) is 42.9 Å². The molecular formula is C53H53N5O12S2. The lowest BCUT2D eigenvalue weighted by atomic mass is 9.97. The second kappa shape index (κ2) is 21.9. The van der Waals surface area contributed by atoms with E-state index >= 15 is 0 Å². The second-order valence-electron chi connectivity index (χ2n) is 16.8. The average Bonchev–Trinajstić information content (AvgIpc) is 4.14. The Bertz CT molecular complexity index is 2730. The minimum atomic E-state index is -0.936. The fraction of sp³-hybridized carbons (Fsp3) is 0.302. The highest BCUT2D eigenvalue weighted by molar-refractivity contribution is 7.11. The molecule has 2 unspecified atom stereocenters. The normalized spacial score (nSPS) is 19.3. The number of hydrogen-bond donors (Lipinski definition) is 0. The Morgan fingerprint density at radius 2 is 1.08 bits per heavy atom. The fourth-order valence-corrected chi connectivity index (χ4v) is 11.0. The van der Waals surface area contributed by atoms with Crippen molar-refractivity contribution in [2.45, 2.75) is 50.6 Å². The minimum absolute atomic E-state index is 0.0560. The Labute approximate surface area is 424 Å². The third kappa shape index (κ3) is 9.67. The molecule has 19 heteroatoms. The Morgan fingerprint density at radius 1 is 0.639 bits per heavy atom. The molecular weight excluding hydrogens is 963 g/mol. The number of carbonyl (C=O) groups is 4. The van der Waals surface area contributed by atoms with Crippen molar-refractivity contribution in [3.8, 4) is 23.0 Å². The van der Waals surface area contributed by atoms with Gasteiger partial charge in [0.15, 0.2) is 35.5 Å². The zero-order valence-electron chi connectivity index (χ0n) is 40.1. The van der Waals surface area contributed by atoms with Gasteiger partial charge in [0, 0.05) is 49.2 Å². The van der Waals surface area contributed by atoms with Crippen molar-refractivity contribution in [1.82, 2.24) is 14.8 Å². The molecule has 3 aromatic heterocycles. The maximum Gasteiger partial charge on any atom is 0.416 e. The van der Waals surface area contributed by atoms with Gasteiger partial charge in [-0.15, -0.1) is 22.7 Å². The van der Waals surface area contributed by atoms with E-state index in [1.165, 1.54) is 50.4 Å². The lowest BCUT2D eigenvalue weighted by Gasteiger charge is -2.40. The van der Waals surface area contributed by atoms with Crippen molar-refractivity contribution in [1.29, 1.82) is 0 Å². The van der Waals surface area contributed by atoms with E-state index in [9.17, 15) is 19.2 Å². The Kier molecular flexibility index (Phi) is 15.1. The van der Waals surface area contributed by atoms with Crippen LogP contribution in [0.4, 0.5) is 21.0 Å². The molecule has 0 saturated carbocycles. The largest absolute Gasteiger partial charge is 0.493 e. The van der Waals surface area contributed by atoms with E-state index in [2.05, 4.69) is 13.2 Å².